The molecule has 4 aromatic heterocycles. The van der Waals surface area contributed by atoms with Crippen LogP contribution in [-0.2, 0) is 13.1 Å². The number of imidazole rings is 1. The summed E-state index contributed by atoms with van der Waals surface area (Å²) in [5.41, 5.74) is 5.16. The SMILES string of the molecule is COc1cc(C(=O)N2CC3CC4CC2[C@H]43)cc2nc(-c3cc4ccccc4n3CC3CC3)n(Cc3cnn(-c4cc(F)cnc4O)c3)c12. The van der Waals surface area contributed by atoms with Gasteiger partial charge in [-0.25, -0.2) is 19.0 Å². The fourth-order valence-electron chi connectivity index (χ4n) is 8.72. The quantitative estimate of drug-likeness (QED) is 0.217. The maximum atomic E-state index is 14.0. The van der Waals surface area contributed by atoms with Gasteiger partial charge in [0, 0.05) is 53.4 Å². The molecule has 3 saturated carbocycles. The molecule has 0 radical (unpaired) electrons. The van der Waals surface area contributed by atoms with Crippen molar-refractivity contribution in [2.75, 3.05) is 13.7 Å². The summed E-state index contributed by atoms with van der Waals surface area (Å²) in [6.45, 7) is 2.10. The van der Waals surface area contributed by atoms with E-state index < -0.39 is 5.82 Å². The van der Waals surface area contributed by atoms with Crippen LogP contribution in [0.1, 0.15) is 41.6 Å². The number of methoxy groups -OCH3 is 1. The van der Waals surface area contributed by atoms with Gasteiger partial charge in [0.05, 0.1) is 37.3 Å². The largest absolute Gasteiger partial charge is 0.494 e. The summed E-state index contributed by atoms with van der Waals surface area (Å²) >= 11 is 0. The highest BCUT2D eigenvalue weighted by Crippen LogP contribution is 2.60. The Kier molecular flexibility index (Phi) is 5.90. The van der Waals surface area contributed by atoms with E-state index in [1.807, 2.05) is 12.1 Å². The molecule has 1 saturated heterocycles. The third-order valence-electron chi connectivity index (χ3n) is 11.3. The van der Waals surface area contributed by atoms with Crippen molar-refractivity contribution in [3.63, 3.8) is 0 Å². The topological polar surface area (TPSA) is 103 Å². The lowest BCUT2D eigenvalue weighted by molar-refractivity contribution is -0.0204. The zero-order chi connectivity index (χ0) is 32.3. The number of benzene rings is 2. The van der Waals surface area contributed by atoms with Crippen LogP contribution in [0.15, 0.2) is 67.1 Å². The van der Waals surface area contributed by atoms with Gasteiger partial charge >= 0.3 is 0 Å². The zero-order valence-corrected chi connectivity index (χ0v) is 26.5. The van der Waals surface area contributed by atoms with Gasteiger partial charge in [0.15, 0.2) is 5.82 Å². The van der Waals surface area contributed by atoms with E-state index >= 15 is 0 Å². The number of aromatic nitrogens is 6. The van der Waals surface area contributed by atoms with E-state index in [4.69, 9.17) is 9.72 Å². The molecule has 3 unspecified atom stereocenters. The smallest absolute Gasteiger partial charge is 0.254 e. The van der Waals surface area contributed by atoms with Gasteiger partial charge in [0.1, 0.15) is 22.8 Å². The second-order valence-corrected chi connectivity index (χ2v) is 14.1. The maximum absolute atomic E-state index is 14.0. The molecule has 3 aliphatic carbocycles. The minimum absolute atomic E-state index is 0.0526. The molecule has 11 heteroatoms. The van der Waals surface area contributed by atoms with Crippen molar-refractivity contribution < 1.29 is 19.0 Å². The third kappa shape index (κ3) is 4.15. The zero-order valence-electron chi connectivity index (χ0n) is 26.5. The molecule has 1 N–H and O–H groups in total. The summed E-state index contributed by atoms with van der Waals surface area (Å²) in [6, 6.07) is 15.9. The number of hydrogen-bond acceptors (Lipinski definition) is 6. The Labute approximate surface area is 275 Å². The lowest BCUT2D eigenvalue weighted by atomic mass is 9.53. The van der Waals surface area contributed by atoms with Crippen LogP contribution in [-0.4, -0.2) is 64.5 Å². The number of para-hydroxylation sites is 1. The summed E-state index contributed by atoms with van der Waals surface area (Å²) in [6.07, 6.45) is 9.21. The van der Waals surface area contributed by atoms with E-state index in [0.29, 0.717) is 47.2 Å². The number of halogens is 1. The van der Waals surface area contributed by atoms with Crippen LogP contribution in [0.5, 0.6) is 11.6 Å². The fourth-order valence-corrected chi connectivity index (χ4v) is 8.72. The number of rotatable bonds is 8. The molecule has 5 heterocycles. The highest BCUT2D eigenvalue weighted by molar-refractivity contribution is 6.00. The molecule has 4 aliphatic rings. The van der Waals surface area contributed by atoms with Gasteiger partial charge in [-0.3, -0.25) is 4.79 Å². The monoisotopic (exact) mass is 643 g/mol. The number of likely N-dealkylation sites (tertiary alicyclic amines) is 1. The first kappa shape index (κ1) is 27.9. The van der Waals surface area contributed by atoms with Gasteiger partial charge in [-0.15, -0.1) is 0 Å². The van der Waals surface area contributed by atoms with E-state index in [1.54, 1.807) is 19.5 Å². The van der Waals surface area contributed by atoms with Crippen LogP contribution in [0.4, 0.5) is 4.39 Å². The fraction of sp³-hybridized carbons (Fsp3) is 0.351. The molecule has 0 bridgehead atoms. The Morgan fingerprint density at radius 1 is 1.06 bits per heavy atom. The summed E-state index contributed by atoms with van der Waals surface area (Å²) in [5.74, 6) is 3.27. The predicted octanol–water partition coefficient (Wildman–Crippen LogP) is 6.03. The van der Waals surface area contributed by atoms with Crippen LogP contribution in [0, 0.1) is 29.5 Å². The average Bonchev–Trinajstić information content (AvgIpc) is 3.48. The highest BCUT2D eigenvalue weighted by Gasteiger charge is 2.61. The van der Waals surface area contributed by atoms with Crippen molar-refractivity contribution in [2.24, 2.45) is 23.7 Å². The third-order valence-corrected chi connectivity index (χ3v) is 11.3. The van der Waals surface area contributed by atoms with Crippen LogP contribution < -0.4 is 4.74 Å². The van der Waals surface area contributed by atoms with E-state index in [-0.39, 0.29) is 17.5 Å². The molecule has 48 heavy (non-hydrogen) atoms. The predicted molar refractivity (Wildman–Crippen MR) is 177 cm³/mol. The average molecular weight is 644 g/mol. The number of carbonyl (C=O) groups excluding carboxylic acids is 1. The lowest BCUT2D eigenvalue weighted by Gasteiger charge is -2.52. The number of nitrogens with zero attached hydrogens (tertiary/aromatic N) is 7. The van der Waals surface area contributed by atoms with Crippen LogP contribution in [0.3, 0.4) is 0 Å². The Bertz CT molecular complexity index is 2280. The first-order valence-corrected chi connectivity index (χ1v) is 16.8. The molecule has 10 rings (SSSR count). The van der Waals surface area contributed by atoms with Crippen molar-refractivity contribution in [3.05, 3.63) is 84.1 Å². The molecule has 1 amide bonds. The Morgan fingerprint density at radius 3 is 2.75 bits per heavy atom. The first-order valence-electron chi connectivity index (χ1n) is 16.8. The van der Waals surface area contributed by atoms with Gasteiger partial charge < -0.3 is 23.9 Å². The van der Waals surface area contributed by atoms with Crippen LogP contribution in [0.25, 0.3) is 39.1 Å². The van der Waals surface area contributed by atoms with Crippen molar-refractivity contribution in [1.82, 2.24) is 33.8 Å². The molecular weight excluding hydrogens is 609 g/mol. The number of ether oxygens (including phenoxy) is 1. The Hall–Kier alpha value is -5.19. The minimum Gasteiger partial charge on any atom is -0.494 e. The molecule has 10 nitrogen and oxygen atoms in total. The van der Waals surface area contributed by atoms with Gasteiger partial charge in [-0.1, -0.05) is 18.2 Å². The maximum Gasteiger partial charge on any atom is 0.254 e. The molecule has 4 fully saturated rings. The van der Waals surface area contributed by atoms with Gasteiger partial charge in [0.2, 0.25) is 5.88 Å². The molecule has 2 aromatic carbocycles. The van der Waals surface area contributed by atoms with Crippen molar-refractivity contribution in [1.29, 1.82) is 0 Å². The van der Waals surface area contributed by atoms with E-state index in [1.165, 1.54) is 30.0 Å². The highest BCUT2D eigenvalue weighted by atomic mass is 19.1. The molecule has 0 spiro atoms. The molecule has 6 aromatic rings. The van der Waals surface area contributed by atoms with Crippen molar-refractivity contribution in [2.45, 2.75) is 44.8 Å². The van der Waals surface area contributed by atoms with Crippen LogP contribution in [0.2, 0.25) is 0 Å². The number of pyridine rings is 1. The van der Waals surface area contributed by atoms with E-state index in [2.05, 4.69) is 54.4 Å². The normalized spacial score (nSPS) is 22.6. The summed E-state index contributed by atoms with van der Waals surface area (Å²) in [7, 11) is 1.63. The number of fused-ring (bicyclic) bond motifs is 2. The van der Waals surface area contributed by atoms with Gasteiger partial charge in [-0.05, 0) is 73.6 Å². The summed E-state index contributed by atoms with van der Waals surface area (Å²) in [5, 5.41) is 15.9. The Balaban J connectivity index is 1.12. The molecular formula is C37H34FN7O3. The second kappa shape index (κ2) is 10.2. The van der Waals surface area contributed by atoms with Gasteiger partial charge in [0.25, 0.3) is 5.91 Å². The number of aromatic hydroxyl groups is 1. The molecule has 4 atom stereocenters. The minimum atomic E-state index is -0.569. The van der Waals surface area contributed by atoms with E-state index in [0.717, 1.165) is 65.1 Å². The Morgan fingerprint density at radius 2 is 1.94 bits per heavy atom. The van der Waals surface area contributed by atoms with Crippen molar-refractivity contribution >= 4 is 27.8 Å². The first-order chi connectivity index (χ1) is 23.4. The lowest BCUT2D eigenvalue weighted by Crippen LogP contribution is -2.53. The van der Waals surface area contributed by atoms with Crippen LogP contribution >= 0.6 is 0 Å². The number of amides is 1. The number of carbonyl (C=O) groups is 1. The second-order valence-electron chi connectivity index (χ2n) is 14.1. The molecule has 242 valence electrons. The molecule has 1 aliphatic heterocycles. The summed E-state index contributed by atoms with van der Waals surface area (Å²) in [4.78, 5) is 25.1. The standard InChI is InChI=1S/C37H34FN7O3/c1-48-32-12-24(37(47)43-19-25-8-23-11-29(43)33(23)25)9-27-34(32)44(17-21-14-40-45(18-21)31-13-26(38)15-39-36(31)46)35(41-27)30-10-22-4-2-3-5-28(22)42(30)16-20-6-7-20/h2-5,9-10,12-15,18,20,23,25,29,33H,6-8,11,16-17,19H2,1H3,(H,39,46)/t23?,25?,29?,33-/m1/s1. The van der Waals surface area contributed by atoms with Crippen molar-refractivity contribution in [3.8, 4) is 28.8 Å². The summed E-state index contributed by atoms with van der Waals surface area (Å²) < 4.78 is 26.0. The number of hydrogen-bond donors (Lipinski definition) is 1. The van der Waals surface area contributed by atoms with Gasteiger partial charge in [-0.2, -0.15) is 5.10 Å². The van der Waals surface area contributed by atoms with E-state index in [9.17, 15) is 14.3 Å².